The molecule has 2 rings (SSSR count). The van der Waals surface area contributed by atoms with E-state index in [-0.39, 0.29) is 22.9 Å². The molecule has 0 fully saturated rings. The van der Waals surface area contributed by atoms with Crippen LogP contribution in [-0.4, -0.2) is 21.0 Å². The Hall–Kier alpha value is -2.57. The van der Waals surface area contributed by atoms with Crippen LogP contribution in [0.1, 0.15) is 10.5 Å². The normalized spacial score (nSPS) is 10.3. The van der Waals surface area contributed by atoms with E-state index in [1.807, 2.05) is 0 Å². The minimum Gasteiger partial charge on any atom is -0.477 e. The largest absolute Gasteiger partial charge is 0.477 e. The van der Waals surface area contributed by atoms with Gasteiger partial charge in [-0.15, -0.1) is 0 Å². The molecule has 1 heterocycles. The first-order chi connectivity index (χ1) is 8.47. The van der Waals surface area contributed by atoms with Crippen molar-refractivity contribution in [3.8, 4) is 11.3 Å². The zero-order valence-corrected chi connectivity index (χ0v) is 8.89. The molecule has 18 heavy (non-hydrogen) atoms. The first-order valence-corrected chi connectivity index (χ1v) is 4.80. The molecule has 5 nitrogen and oxygen atoms in total. The van der Waals surface area contributed by atoms with Gasteiger partial charge in [-0.05, 0) is 18.2 Å². The quantitative estimate of drug-likeness (QED) is 0.847. The second kappa shape index (κ2) is 4.36. The Bertz CT molecular complexity index is 632. The van der Waals surface area contributed by atoms with Crippen molar-refractivity contribution in [2.24, 2.45) is 0 Å². The Balaban J connectivity index is 2.60. The van der Waals surface area contributed by atoms with Gasteiger partial charge in [0.1, 0.15) is 11.6 Å². The molecule has 0 saturated carbocycles. The topological polar surface area (TPSA) is 89.1 Å². The fourth-order valence-electron chi connectivity index (χ4n) is 1.41. The third kappa shape index (κ3) is 2.24. The summed E-state index contributed by atoms with van der Waals surface area (Å²) < 4.78 is 26.3. The maximum Gasteiger partial charge on any atom is 0.354 e. The van der Waals surface area contributed by atoms with Gasteiger partial charge < -0.3 is 10.8 Å². The lowest BCUT2D eigenvalue weighted by Gasteiger charge is -2.04. The molecule has 0 aliphatic rings. The van der Waals surface area contributed by atoms with Gasteiger partial charge in [0.15, 0.2) is 5.69 Å². The third-order valence-electron chi connectivity index (χ3n) is 2.17. The second-order valence-corrected chi connectivity index (χ2v) is 3.43. The molecule has 0 amide bonds. The van der Waals surface area contributed by atoms with Gasteiger partial charge in [0, 0.05) is 11.6 Å². The molecule has 0 spiro atoms. The molecule has 0 unspecified atom stereocenters. The highest BCUT2D eigenvalue weighted by atomic mass is 19.1. The zero-order valence-electron chi connectivity index (χ0n) is 8.89. The lowest BCUT2D eigenvalue weighted by atomic mass is 10.1. The highest BCUT2D eigenvalue weighted by molar-refractivity contribution is 5.87. The molecule has 92 valence electrons. The van der Waals surface area contributed by atoms with Crippen LogP contribution < -0.4 is 5.73 Å². The van der Waals surface area contributed by atoms with E-state index < -0.39 is 17.6 Å². The Labute approximate surface area is 99.9 Å². The molecular weight excluding hydrogens is 244 g/mol. The highest BCUT2D eigenvalue weighted by Crippen LogP contribution is 2.22. The van der Waals surface area contributed by atoms with E-state index >= 15 is 0 Å². The van der Waals surface area contributed by atoms with Crippen LogP contribution in [0, 0.1) is 11.6 Å². The van der Waals surface area contributed by atoms with Crippen LogP contribution in [0.5, 0.6) is 0 Å². The number of nitrogens with two attached hydrogens (primary N) is 1. The number of hydrogen-bond acceptors (Lipinski definition) is 4. The average Bonchev–Trinajstić information content (AvgIpc) is 2.27. The van der Waals surface area contributed by atoms with E-state index in [1.54, 1.807) is 0 Å². The third-order valence-corrected chi connectivity index (χ3v) is 2.17. The summed E-state index contributed by atoms with van der Waals surface area (Å²) in [5.41, 5.74) is 4.91. The number of nitrogen functional groups attached to an aromatic ring is 1. The van der Waals surface area contributed by atoms with Crippen LogP contribution in [0.3, 0.4) is 0 Å². The Morgan fingerprint density at radius 3 is 2.56 bits per heavy atom. The molecule has 0 atom stereocenters. The molecule has 0 aliphatic carbocycles. The number of anilines is 1. The van der Waals surface area contributed by atoms with Crippen LogP contribution in [0.4, 0.5) is 14.7 Å². The van der Waals surface area contributed by atoms with Crippen LogP contribution in [0.2, 0.25) is 0 Å². The van der Waals surface area contributed by atoms with Crippen LogP contribution in [0.25, 0.3) is 11.3 Å². The van der Waals surface area contributed by atoms with Gasteiger partial charge in [-0.3, -0.25) is 0 Å². The van der Waals surface area contributed by atoms with E-state index in [2.05, 4.69) is 9.97 Å². The van der Waals surface area contributed by atoms with Gasteiger partial charge in [0.05, 0.1) is 5.69 Å². The molecule has 0 aliphatic heterocycles. The molecule has 1 aromatic carbocycles. The van der Waals surface area contributed by atoms with Crippen molar-refractivity contribution in [2.45, 2.75) is 0 Å². The smallest absolute Gasteiger partial charge is 0.354 e. The maximum absolute atomic E-state index is 13.5. The molecule has 7 heteroatoms. The average molecular weight is 251 g/mol. The van der Waals surface area contributed by atoms with Gasteiger partial charge in [0.25, 0.3) is 0 Å². The number of halogens is 2. The molecule has 0 bridgehead atoms. The fourth-order valence-corrected chi connectivity index (χ4v) is 1.41. The Morgan fingerprint density at radius 1 is 1.22 bits per heavy atom. The summed E-state index contributed by atoms with van der Waals surface area (Å²) in [6.45, 7) is 0. The number of rotatable bonds is 2. The van der Waals surface area contributed by atoms with Crippen molar-refractivity contribution >= 4 is 11.9 Å². The van der Waals surface area contributed by atoms with Gasteiger partial charge in [-0.25, -0.2) is 23.5 Å². The van der Waals surface area contributed by atoms with Crippen molar-refractivity contribution in [2.75, 3.05) is 5.73 Å². The summed E-state index contributed by atoms with van der Waals surface area (Å²) in [6.07, 6.45) is 0. The fraction of sp³-hybridized carbons (Fsp3) is 0. The van der Waals surface area contributed by atoms with Gasteiger partial charge in [-0.1, -0.05) is 0 Å². The van der Waals surface area contributed by atoms with Gasteiger partial charge in [0.2, 0.25) is 5.95 Å². The second-order valence-electron chi connectivity index (χ2n) is 3.43. The Kier molecular flexibility index (Phi) is 2.88. The summed E-state index contributed by atoms with van der Waals surface area (Å²) in [5.74, 6) is -3.21. The van der Waals surface area contributed by atoms with Crippen LogP contribution in [-0.2, 0) is 0 Å². The summed E-state index contributed by atoms with van der Waals surface area (Å²) in [4.78, 5) is 18.0. The summed E-state index contributed by atoms with van der Waals surface area (Å²) in [5, 5.41) is 8.79. The lowest BCUT2D eigenvalue weighted by Crippen LogP contribution is -2.06. The maximum atomic E-state index is 13.5. The molecular formula is C11H7F2N3O2. The minimum absolute atomic E-state index is 0.0163. The van der Waals surface area contributed by atoms with Crippen molar-refractivity contribution in [1.82, 2.24) is 9.97 Å². The Morgan fingerprint density at radius 2 is 1.94 bits per heavy atom. The van der Waals surface area contributed by atoms with Crippen molar-refractivity contribution < 1.29 is 18.7 Å². The number of carbonyl (C=O) groups is 1. The number of aromatic nitrogens is 2. The SMILES string of the molecule is Nc1nc(C(=O)O)cc(-c2ccc(F)cc2F)n1. The highest BCUT2D eigenvalue weighted by Gasteiger charge is 2.13. The summed E-state index contributed by atoms with van der Waals surface area (Å²) >= 11 is 0. The number of carboxylic acid groups (broad SMARTS) is 1. The number of hydrogen-bond donors (Lipinski definition) is 2. The van der Waals surface area contributed by atoms with E-state index in [4.69, 9.17) is 10.8 Å². The molecule has 0 saturated heterocycles. The number of nitrogens with zero attached hydrogens (tertiary/aromatic N) is 2. The molecule has 0 radical (unpaired) electrons. The standard InChI is InChI=1S/C11H7F2N3O2/c12-5-1-2-6(7(13)3-5)8-4-9(10(17)18)16-11(14)15-8/h1-4H,(H,17,18)(H2,14,15,16). The number of benzene rings is 1. The summed E-state index contributed by atoms with van der Waals surface area (Å²) in [6, 6.07) is 3.93. The number of aromatic carboxylic acids is 1. The zero-order chi connectivity index (χ0) is 13.3. The van der Waals surface area contributed by atoms with Crippen molar-refractivity contribution in [3.05, 3.63) is 41.6 Å². The predicted octanol–water partition coefficient (Wildman–Crippen LogP) is 1.70. The molecule has 2 aromatic rings. The van der Waals surface area contributed by atoms with Crippen molar-refractivity contribution in [1.29, 1.82) is 0 Å². The first kappa shape index (κ1) is 11.9. The van der Waals surface area contributed by atoms with E-state index in [1.165, 1.54) is 0 Å². The van der Waals surface area contributed by atoms with Crippen LogP contribution in [0.15, 0.2) is 24.3 Å². The van der Waals surface area contributed by atoms with Crippen molar-refractivity contribution in [3.63, 3.8) is 0 Å². The van der Waals surface area contributed by atoms with Crippen LogP contribution >= 0.6 is 0 Å². The summed E-state index contributed by atoms with van der Waals surface area (Å²) in [7, 11) is 0. The first-order valence-electron chi connectivity index (χ1n) is 4.80. The van der Waals surface area contributed by atoms with Gasteiger partial charge >= 0.3 is 5.97 Å². The van der Waals surface area contributed by atoms with E-state index in [0.29, 0.717) is 6.07 Å². The minimum atomic E-state index is -1.31. The van der Waals surface area contributed by atoms with E-state index in [0.717, 1.165) is 18.2 Å². The lowest BCUT2D eigenvalue weighted by molar-refractivity contribution is 0.0690. The molecule has 3 N–H and O–H groups in total. The predicted molar refractivity (Wildman–Crippen MR) is 58.8 cm³/mol. The molecule has 1 aromatic heterocycles. The van der Waals surface area contributed by atoms with E-state index in [9.17, 15) is 13.6 Å². The van der Waals surface area contributed by atoms with Gasteiger partial charge in [-0.2, -0.15) is 0 Å². The monoisotopic (exact) mass is 251 g/mol. The number of carboxylic acids is 1.